The van der Waals surface area contributed by atoms with Crippen molar-refractivity contribution in [3.05, 3.63) is 18.2 Å². The van der Waals surface area contributed by atoms with Crippen LogP contribution in [0.3, 0.4) is 0 Å². The number of aromatic nitrogens is 2. The first kappa shape index (κ1) is 14.1. The Morgan fingerprint density at radius 1 is 1.53 bits per heavy atom. The Balaban J connectivity index is 1.81. The van der Waals surface area contributed by atoms with E-state index in [1.807, 2.05) is 4.57 Å². The van der Waals surface area contributed by atoms with Gasteiger partial charge < -0.3 is 14.2 Å². The summed E-state index contributed by atoms with van der Waals surface area (Å²) in [4.78, 5) is 18.0. The summed E-state index contributed by atoms with van der Waals surface area (Å²) in [6.45, 7) is 4.03. The SMILES string of the molecule is CCOC(=O)c1cn(CCN(C)C2CCCC2)cn1. The van der Waals surface area contributed by atoms with Gasteiger partial charge in [0.1, 0.15) is 0 Å². The highest BCUT2D eigenvalue weighted by molar-refractivity contribution is 5.86. The maximum Gasteiger partial charge on any atom is 0.358 e. The molecule has 0 saturated heterocycles. The van der Waals surface area contributed by atoms with Crippen molar-refractivity contribution in [2.75, 3.05) is 20.2 Å². The molecule has 1 aromatic rings. The summed E-state index contributed by atoms with van der Waals surface area (Å²) >= 11 is 0. The first-order valence-electron chi connectivity index (χ1n) is 7.10. The fraction of sp³-hybridized carbons (Fsp3) is 0.714. The first-order valence-corrected chi connectivity index (χ1v) is 7.10. The third kappa shape index (κ3) is 3.80. The normalized spacial score (nSPS) is 16.2. The van der Waals surface area contributed by atoms with E-state index < -0.39 is 0 Å². The van der Waals surface area contributed by atoms with E-state index in [4.69, 9.17) is 4.74 Å². The average Bonchev–Trinajstić information content (AvgIpc) is 3.07. The number of carbonyl (C=O) groups excluding carboxylic acids is 1. The van der Waals surface area contributed by atoms with Gasteiger partial charge >= 0.3 is 5.97 Å². The van der Waals surface area contributed by atoms with Crippen molar-refractivity contribution in [1.29, 1.82) is 0 Å². The van der Waals surface area contributed by atoms with E-state index >= 15 is 0 Å². The lowest BCUT2D eigenvalue weighted by Gasteiger charge is -2.23. The molecule has 5 nitrogen and oxygen atoms in total. The van der Waals surface area contributed by atoms with Gasteiger partial charge in [-0.3, -0.25) is 0 Å². The highest BCUT2D eigenvalue weighted by Crippen LogP contribution is 2.22. The van der Waals surface area contributed by atoms with Crippen LogP contribution in [0, 0.1) is 0 Å². The molecule has 0 unspecified atom stereocenters. The molecular formula is C14H23N3O2. The molecule has 0 aromatic carbocycles. The molecule has 1 aliphatic rings. The highest BCUT2D eigenvalue weighted by Gasteiger charge is 2.19. The number of ether oxygens (including phenoxy) is 1. The van der Waals surface area contributed by atoms with Crippen LogP contribution in [0.1, 0.15) is 43.1 Å². The summed E-state index contributed by atoms with van der Waals surface area (Å²) in [6, 6.07) is 0.730. The topological polar surface area (TPSA) is 47.4 Å². The Morgan fingerprint density at radius 2 is 2.26 bits per heavy atom. The summed E-state index contributed by atoms with van der Waals surface area (Å²) in [5.74, 6) is -0.342. The average molecular weight is 265 g/mol. The summed E-state index contributed by atoms with van der Waals surface area (Å²) < 4.78 is 6.88. The van der Waals surface area contributed by atoms with Crippen LogP contribution in [0.2, 0.25) is 0 Å². The van der Waals surface area contributed by atoms with Crippen LogP contribution in [-0.4, -0.2) is 46.7 Å². The van der Waals surface area contributed by atoms with Gasteiger partial charge in [0.05, 0.1) is 12.9 Å². The molecule has 0 spiro atoms. The third-order valence-corrected chi connectivity index (χ3v) is 3.78. The zero-order chi connectivity index (χ0) is 13.7. The second kappa shape index (κ2) is 6.70. The van der Waals surface area contributed by atoms with Gasteiger partial charge in [-0.1, -0.05) is 12.8 Å². The van der Waals surface area contributed by atoms with Crippen LogP contribution < -0.4 is 0 Å². The minimum Gasteiger partial charge on any atom is -0.461 e. The van der Waals surface area contributed by atoms with Gasteiger partial charge in [0.25, 0.3) is 0 Å². The van der Waals surface area contributed by atoms with Crippen molar-refractivity contribution in [2.45, 2.75) is 45.2 Å². The number of likely N-dealkylation sites (N-methyl/N-ethyl adjacent to an activating group) is 1. The maximum absolute atomic E-state index is 11.5. The first-order chi connectivity index (χ1) is 9.20. The van der Waals surface area contributed by atoms with Gasteiger partial charge in [-0.25, -0.2) is 9.78 Å². The largest absolute Gasteiger partial charge is 0.461 e. The molecule has 19 heavy (non-hydrogen) atoms. The summed E-state index contributed by atoms with van der Waals surface area (Å²) in [5.41, 5.74) is 0.394. The summed E-state index contributed by atoms with van der Waals surface area (Å²) in [5, 5.41) is 0. The molecule has 1 aliphatic carbocycles. The van der Waals surface area contributed by atoms with Crippen molar-refractivity contribution < 1.29 is 9.53 Å². The molecule has 0 radical (unpaired) electrons. The Bertz CT molecular complexity index is 411. The van der Waals surface area contributed by atoms with Gasteiger partial charge in [-0.15, -0.1) is 0 Å². The minimum atomic E-state index is -0.342. The van der Waals surface area contributed by atoms with Gasteiger partial charge in [0.15, 0.2) is 5.69 Å². The lowest BCUT2D eigenvalue weighted by Crippen LogP contribution is -2.31. The van der Waals surface area contributed by atoms with E-state index in [9.17, 15) is 4.79 Å². The number of nitrogens with zero attached hydrogens (tertiary/aromatic N) is 3. The second-order valence-corrected chi connectivity index (χ2v) is 5.14. The molecule has 0 bridgehead atoms. The van der Waals surface area contributed by atoms with Gasteiger partial charge in [-0.2, -0.15) is 0 Å². The number of rotatable bonds is 6. The van der Waals surface area contributed by atoms with E-state index in [-0.39, 0.29) is 5.97 Å². The molecular weight excluding hydrogens is 242 g/mol. The monoisotopic (exact) mass is 265 g/mol. The zero-order valence-corrected chi connectivity index (χ0v) is 11.8. The molecule has 106 valence electrons. The maximum atomic E-state index is 11.5. The molecule has 0 atom stereocenters. The molecule has 1 heterocycles. The predicted molar refractivity (Wildman–Crippen MR) is 73.1 cm³/mol. The van der Waals surface area contributed by atoms with E-state index in [2.05, 4.69) is 16.9 Å². The molecule has 1 saturated carbocycles. The van der Waals surface area contributed by atoms with E-state index in [1.54, 1.807) is 19.4 Å². The van der Waals surface area contributed by atoms with Crippen molar-refractivity contribution >= 4 is 5.97 Å². The minimum absolute atomic E-state index is 0.342. The van der Waals surface area contributed by atoms with Crippen LogP contribution in [0.5, 0.6) is 0 Å². The third-order valence-electron chi connectivity index (χ3n) is 3.78. The van der Waals surface area contributed by atoms with Crippen molar-refractivity contribution in [3.63, 3.8) is 0 Å². The number of imidazole rings is 1. The van der Waals surface area contributed by atoms with E-state index in [0.717, 1.165) is 19.1 Å². The molecule has 1 aromatic heterocycles. The van der Waals surface area contributed by atoms with Gasteiger partial charge in [0, 0.05) is 25.3 Å². The highest BCUT2D eigenvalue weighted by atomic mass is 16.5. The fourth-order valence-corrected chi connectivity index (χ4v) is 2.59. The Morgan fingerprint density at radius 3 is 2.95 bits per heavy atom. The molecule has 1 fully saturated rings. The van der Waals surface area contributed by atoms with Crippen LogP contribution in [-0.2, 0) is 11.3 Å². The second-order valence-electron chi connectivity index (χ2n) is 5.14. The Labute approximate surface area is 114 Å². The van der Waals surface area contributed by atoms with Crippen LogP contribution in [0.4, 0.5) is 0 Å². The molecule has 2 rings (SSSR count). The Kier molecular flexibility index (Phi) is 4.96. The zero-order valence-electron chi connectivity index (χ0n) is 11.8. The summed E-state index contributed by atoms with van der Waals surface area (Å²) in [6.07, 6.45) is 8.80. The van der Waals surface area contributed by atoms with Crippen molar-refractivity contribution in [1.82, 2.24) is 14.5 Å². The number of esters is 1. The van der Waals surface area contributed by atoms with E-state index in [0.29, 0.717) is 12.3 Å². The number of carbonyl (C=O) groups is 1. The standard InChI is InChI=1S/C14H23N3O2/c1-3-19-14(18)13-10-17(11-15-13)9-8-16(2)12-6-4-5-7-12/h10-12H,3-9H2,1-2H3. The van der Waals surface area contributed by atoms with Crippen LogP contribution in [0.25, 0.3) is 0 Å². The molecule has 0 amide bonds. The number of hydrogen-bond donors (Lipinski definition) is 0. The van der Waals surface area contributed by atoms with Crippen LogP contribution in [0.15, 0.2) is 12.5 Å². The lowest BCUT2D eigenvalue weighted by molar-refractivity contribution is 0.0520. The van der Waals surface area contributed by atoms with Gasteiger partial charge in [-0.05, 0) is 26.8 Å². The summed E-state index contributed by atoms with van der Waals surface area (Å²) in [7, 11) is 2.18. The van der Waals surface area contributed by atoms with Crippen molar-refractivity contribution in [2.24, 2.45) is 0 Å². The number of hydrogen-bond acceptors (Lipinski definition) is 4. The van der Waals surface area contributed by atoms with E-state index in [1.165, 1.54) is 25.7 Å². The molecule has 5 heteroatoms. The smallest absolute Gasteiger partial charge is 0.358 e. The lowest BCUT2D eigenvalue weighted by atomic mass is 10.2. The van der Waals surface area contributed by atoms with Crippen LogP contribution >= 0.6 is 0 Å². The van der Waals surface area contributed by atoms with Gasteiger partial charge in [0.2, 0.25) is 0 Å². The fourth-order valence-electron chi connectivity index (χ4n) is 2.59. The molecule has 0 N–H and O–H groups in total. The van der Waals surface area contributed by atoms with Crippen molar-refractivity contribution in [3.8, 4) is 0 Å². The molecule has 0 aliphatic heterocycles. The Hall–Kier alpha value is -1.36. The quantitative estimate of drug-likeness (QED) is 0.737. The predicted octanol–water partition coefficient (Wildman–Crippen LogP) is 1.93.